The summed E-state index contributed by atoms with van der Waals surface area (Å²) in [5.74, 6) is 0.514. The van der Waals surface area contributed by atoms with Crippen LogP contribution in [0.25, 0.3) is 11.1 Å². The number of hydrogen-bond acceptors (Lipinski definition) is 4. The number of carbonyl (C=O) groups excluding carboxylic acids is 1. The first-order chi connectivity index (χ1) is 13.7. The summed E-state index contributed by atoms with van der Waals surface area (Å²) in [5.41, 5.74) is 7.72. The number of anilines is 1. The average Bonchev–Trinajstić information content (AvgIpc) is 3.05. The second kappa shape index (κ2) is 6.46. The molecule has 5 nitrogen and oxygen atoms in total. The predicted molar refractivity (Wildman–Crippen MR) is 110 cm³/mol. The van der Waals surface area contributed by atoms with Gasteiger partial charge in [0.1, 0.15) is 11.5 Å². The fraction of sp³-hybridized carbons (Fsp3) is 0.0870. The summed E-state index contributed by atoms with van der Waals surface area (Å²) in [5, 5.41) is 11.9. The quantitative estimate of drug-likeness (QED) is 0.425. The molecule has 0 spiro atoms. The number of benzene rings is 3. The number of nitrogens with zero attached hydrogens (tertiary/aromatic N) is 2. The van der Waals surface area contributed by atoms with Gasteiger partial charge in [-0.25, -0.2) is 0 Å². The molecule has 1 amide bonds. The van der Waals surface area contributed by atoms with Crippen molar-refractivity contribution in [2.45, 2.75) is 6.92 Å². The molecule has 0 aromatic heterocycles. The number of ether oxygens (including phenoxy) is 1. The highest BCUT2D eigenvalue weighted by Crippen LogP contribution is 2.36. The molecule has 2 aliphatic rings. The topological polar surface area (TPSA) is 63.0 Å². The monoisotopic (exact) mass is 367 g/mol. The Morgan fingerprint density at radius 3 is 2.25 bits per heavy atom. The summed E-state index contributed by atoms with van der Waals surface area (Å²) >= 11 is 0. The first-order valence-corrected chi connectivity index (χ1v) is 9.09. The molecule has 0 saturated carbocycles. The van der Waals surface area contributed by atoms with E-state index < -0.39 is 0 Å². The third-order valence-corrected chi connectivity index (χ3v) is 4.98. The van der Waals surface area contributed by atoms with Crippen molar-refractivity contribution in [3.8, 4) is 16.9 Å². The molecule has 1 aliphatic heterocycles. The highest BCUT2D eigenvalue weighted by atomic mass is 16.5. The van der Waals surface area contributed by atoms with Crippen LogP contribution in [-0.2, 0) is 4.79 Å². The molecule has 136 valence electrons. The third-order valence-electron chi connectivity index (χ3n) is 4.98. The zero-order chi connectivity index (χ0) is 19.1. The van der Waals surface area contributed by atoms with Crippen LogP contribution in [-0.4, -0.2) is 23.9 Å². The fourth-order valence-electron chi connectivity index (χ4n) is 3.59. The maximum Gasteiger partial charge on any atom is 0.262 e. The zero-order valence-corrected chi connectivity index (χ0v) is 15.3. The van der Waals surface area contributed by atoms with E-state index in [4.69, 9.17) is 4.74 Å². The Labute approximate surface area is 162 Å². The Morgan fingerprint density at radius 2 is 1.57 bits per heavy atom. The van der Waals surface area contributed by atoms with E-state index in [0.29, 0.717) is 11.4 Å². The predicted octanol–water partition coefficient (Wildman–Crippen LogP) is 4.26. The molecule has 5 heteroatoms. The molecule has 3 aromatic carbocycles. The lowest BCUT2D eigenvalue weighted by molar-refractivity contribution is -0.118. The van der Waals surface area contributed by atoms with Gasteiger partial charge in [0.25, 0.3) is 5.91 Å². The summed E-state index contributed by atoms with van der Waals surface area (Å²) in [6.45, 7) is 1.95. The lowest BCUT2D eigenvalue weighted by atomic mass is 10.1. The molecule has 0 atom stereocenters. The summed E-state index contributed by atoms with van der Waals surface area (Å²) in [6.07, 6.45) is 0. The molecule has 1 aliphatic carbocycles. The van der Waals surface area contributed by atoms with Crippen LogP contribution in [0, 0.1) is 0 Å². The van der Waals surface area contributed by atoms with E-state index in [2.05, 4.69) is 39.8 Å². The molecule has 0 bridgehead atoms. The molecule has 1 heterocycles. The van der Waals surface area contributed by atoms with Crippen molar-refractivity contribution in [2.75, 3.05) is 11.9 Å². The lowest BCUT2D eigenvalue weighted by Crippen LogP contribution is -2.25. The van der Waals surface area contributed by atoms with E-state index in [9.17, 15) is 4.79 Å². The SMILES string of the molecule is C/C(=N/N=C1c2ccccc2-c2ccccc21)c1ccc2c(c1)NC(=O)CO2. The zero-order valence-electron chi connectivity index (χ0n) is 15.3. The van der Waals surface area contributed by atoms with Crippen LogP contribution in [0.3, 0.4) is 0 Å². The number of carbonyl (C=O) groups is 1. The van der Waals surface area contributed by atoms with Crippen LogP contribution >= 0.6 is 0 Å². The van der Waals surface area contributed by atoms with Crippen LogP contribution in [0.1, 0.15) is 23.6 Å². The first kappa shape index (κ1) is 16.4. The second-order valence-electron chi connectivity index (χ2n) is 6.77. The second-order valence-corrected chi connectivity index (χ2v) is 6.77. The van der Waals surface area contributed by atoms with Gasteiger partial charge in [-0.2, -0.15) is 5.10 Å². The highest BCUT2D eigenvalue weighted by Gasteiger charge is 2.24. The van der Waals surface area contributed by atoms with Gasteiger partial charge in [0.15, 0.2) is 6.61 Å². The molecule has 0 fully saturated rings. The van der Waals surface area contributed by atoms with Gasteiger partial charge in [0.2, 0.25) is 0 Å². The molecular weight excluding hydrogens is 350 g/mol. The molecule has 0 unspecified atom stereocenters. The standard InChI is InChI=1S/C23H17N3O2/c1-14(15-10-11-21-20(12-15)24-22(27)13-28-21)25-26-23-18-8-4-2-6-16(18)17-7-3-5-9-19(17)23/h2-12H,13H2,1H3,(H,24,27)/b25-14-. The minimum Gasteiger partial charge on any atom is -0.482 e. The largest absolute Gasteiger partial charge is 0.482 e. The van der Waals surface area contributed by atoms with Gasteiger partial charge < -0.3 is 10.1 Å². The minimum absolute atomic E-state index is 0.0475. The number of fused-ring (bicyclic) bond motifs is 4. The number of hydrogen-bond donors (Lipinski definition) is 1. The first-order valence-electron chi connectivity index (χ1n) is 9.09. The third kappa shape index (κ3) is 2.68. The van der Waals surface area contributed by atoms with Gasteiger partial charge in [0, 0.05) is 11.1 Å². The van der Waals surface area contributed by atoms with Crippen molar-refractivity contribution in [1.82, 2.24) is 0 Å². The Hall–Kier alpha value is -3.73. The van der Waals surface area contributed by atoms with Crippen LogP contribution in [0.5, 0.6) is 5.75 Å². The highest BCUT2D eigenvalue weighted by molar-refractivity contribution is 6.24. The summed E-state index contributed by atoms with van der Waals surface area (Å²) < 4.78 is 5.41. The van der Waals surface area contributed by atoms with Crippen LogP contribution in [0.4, 0.5) is 5.69 Å². The van der Waals surface area contributed by atoms with Gasteiger partial charge in [0.05, 0.1) is 11.4 Å². The molecule has 0 saturated heterocycles. The fourth-order valence-corrected chi connectivity index (χ4v) is 3.59. The van der Waals surface area contributed by atoms with E-state index in [1.807, 2.05) is 49.4 Å². The average molecular weight is 367 g/mol. The Morgan fingerprint density at radius 1 is 0.929 bits per heavy atom. The van der Waals surface area contributed by atoms with Crippen molar-refractivity contribution in [2.24, 2.45) is 10.2 Å². The van der Waals surface area contributed by atoms with Gasteiger partial charge in [-0.05, 0) is 41.8 Å². The normalized spacial score (nSPS) is 14.5. The molecular formula is C23H17N3O2. The number of amides is 1. The molecule has 0 radical (unpaired) electrons. The van der Waals surface area contributed by atoms with Crippen molar-refractivity contribution in [3.05, 3.63) is 83.4 Å². The van der Waals surface area contributed by atoms with Crippen molar-refractivity contribution in [1.29, 1.82) is 0 Å². The van der Waals surface area contributed by atoms with E-state index in [1.54, 1.807) is 0 Å². The van der Waals surface area contributed by atoms with Gasteiger partial charge in [-0.15, -0.1) is 5.10 Å². The summed E-state index contributed by atoms with van der Waals surface area (Å²) in [4.78, 5) is 11.6. The molecule has 28 heavy (non-hydrogen) atoms. The van der Waals surface area contributed by atoms with E-state index in [-0.39, 0.29) is 12.5 Å². The van der Waals surface area contributed by atoms with Crippen molar-refractivity contribution in [3.63, 3.8) is 0 Å². The summed E-state index contributed by atoms with van der Waals surface area (Å²) in [6, 6.07) is 22.1. The van der Waals surface area contributed by atoms with Gasteiger partial charge in [-0.3, -0.25) is 4.79 Å². The van der Waals surface area contributed by atoms with Gasteiger partial charge >= 0.3 is 0 Å². The Balaban J connectivity index is 1.54. The maximum absolute atomic E-state index is 11.6. The summed E-state index contributed by atoms with van der Waals surface area (Å²) in [7, 11) is 0. The number of nitrogens with one attached hydrogen (secondary N) is 1. The molecule has 5 rings (SSSR count). The maximum atomic E-state index is 11.6. The Bertz CT molecular complexity index is 1130. The van der Waals surface area contributed by atoms with Crippen LogP contribution in [0.2, 0.25) is 0 Å². The van der Waals surface area contributed by atoms with Crippen LogP contribution < -0.4 is 10.1 Å². The number of rotatable bonds is 2. The smallest absolute Gasteiger partial charge is 0.262 e. The van der Waals surface area contributed by atoms with E-state index in [1.165, 1.54) is 11.1 Å². The van der Waals surface area contributed by atoms with Crippen molar-refractivity contribution >= 4 is 23.0 Å². The van der Waals surface area contributed by atoms with E-state index >= 15 is 0 Å². The van der Waals surface area contributed by atoms with Gasteiger partial charge in [-0.1, -0.05) is 48.5 Å². The minimum atomic E-state index is -0.154. The van der Waals surface area contributed by atoms with Crippen LogP contribution in [0.15, 0.2) is 76.9 Å². The van der Waals surface area contributed by atoms with E-state index in [0.717, 1.165) is 28.1 Å². The lowest BCUT2D eigenvalue weighted by Gasteiger charge is -2.18. The Kier molecular flexibility index (Phi) is 3.79. The molecule has 1 N–H and O–H groups in total. The van der Waals surface area contributed by atoms with Crippen molar-refractivity contribution < 1.29 is 9.53 Å². The molecule has 3 aromatic rings.